The summed E-state index contributed by atoms with van der Waals surface area (Å²) in [4.78, 5) is 0. The third kappa shape index (κ3) is 5.72. The van der Waals surface area contributed by atoms with Gasteiger partial charge in [0.2, 0.25) is 17.1 Å². The van der Waals surface area contributed by atoms with Gasteiger partial charge in [-0.15, -0.1) is 0 Å². The summed E-state index contributed by atoms with van der Waals surface area (Å²) in [5, 5.41) is 0. The highest BCUT2D eigenvalue weighted by molar-refractivity contribution is 5.81. The summed E-state index contributed by atoms with van der Waals surface area (Å²) in [7, 11) is 0. The third-order valence-corrected chi connectivity index (χ3v) is 7.51. The van der Waals surface area contributed by atoms with Crippen molar-refractivity contribution in [2.45, 2.75) is 0 Å². The Labute approximate surface area is 252 Å². The van der Waals surface area contributed by atoms with E-state index in [1.54, 1.807) is 0 Å². The Morgan fingerprint density at radius 2 is 0.791 bits per heavy atom. The quantitative estimate of drug-likeness (QED) is 0.187. The molecule has 2 heterocycles. The number of ether oxygens (including phenoxy) is 1. The number of allylic oxidation sites excluding steroid dienone is 3. The lowest BCUT2D eigenvalue weighted by molar-refractivity contribution is -0.572. The van der Waals surface area contributed by atoms with Gasteiger partial charge in [0.05, 0.1) is 0 Å². The van der Waals surface area contributed by atoms with Crippen molar-refractivity contribution in [1.82, 2.24) is 0 Å². The third-order valence-electron chi connectivity index (χ3n) is 7.51. The number of pyridine rings is 1. The van der Waals surface area contributed by atoms with E-state index >= 15 is 0 Å². The maximum Gasteiger partial charge on any atom is 0.219 e. The predicted octanol–water partition coefficient (Wildman–Crippen LogP) is 9.79. The largest absolute Gasteiger partial charge is 0.456 e. The molecular weight excluding hydrogens is 522 g/mol. The number of benzene rings is 5. The second-order valence-electron chi connectivity index (χ2n) is 10.5. The summed E-state index contributed by atoms with van der Waals surface area (Å²) in [6, 6.07) is 56.9. The number of nitrogens with zero attached hydrogens (tertiary/aromatic N) is 1. The second-order valence-corrected chi connectivity index (χ2v) is 10.5. The maximum atomic E-state index is 6.47. The molecule has 0 spiro atoms. The van der Waals surface area contributed by atoms with Gasteiger partial charge in [0.1, 0.15) is 11.5 Å². The van der Waals surface area contributed by atoms with E-state index in [9.17, 15) is 0 Å². The Hall–Kier alpha value is -5.73. The van der Waals surface area contributed by atoms with E-state index < -0.39 is 0 Å². The van der Waals surface area contributed by atoms with Crippen LogP contribution in [0, 0.1) is 0 Å². The van der Waals surface area contributed by atoms with Gasteiger partial charge in [0, 0.05) is 46.5 Å². The molecule has 0 aliphatic carbocycles. The monoisotopic (exact) mass is 552 g/mol. The van der Waals surface area contributed by atoms with Crippen LogP contribution in [0.25, 0.3) is 45.8 Å². The first kappa shape index (κ1) is 26.2. The van der Waals surface area contributed by atoms with Crippen molar-refractivity contribution < 1.29 is 9.30 Å². The number of aromatic nitrogens is 1. The minimum Gasteiger partial charge on any atom is -0.456 e. The molecule has 2 nitrogen and oxygen atoms in total. The number of hydrogen-bond acceptors (Lipinski definition) is 1. The molecule has 1 aromatic heterocycles. The van der Waals surface area contributed by atoms with Crippen molar-refractivity contribution in [2.24, 2.45) is 0 Å². The van der Waals surface area contributed by atoms with E-state index in [2.05, 4.69) is 150 Å². The lowest BCUT2D eigenvalue weighted by Gasteiger charge is -2.19. The Balaban J connectivity index is 1.46. The molecular formula is C41H30NO+. The molecule has 5 aromatic carbocycles. The summed E-state index contributed by atoms with van der Waals surface area (Å²) < 4.78 is 8.82. The predicted molar refractivity (Wildman–Crippen MR) is 177 cm³/mol. The smallest absolute Gasteiger partial charge is 0.219 e. The maximum absolute atomic E-state index is 6.47. The fourth-order valence-electron chi connectivity index (χ4n) is 5.48. The minimum absolute atomic E-state index is 0.829. The Kier molecular flexibility index (Phi) is 7.32. The topological polar surface area (TPSA) is 13.1 Å². The van der Waals surface area contributed by atoms with Crippen LogP contribution in [-0.4, -0.2) is 0 Å². The summed E-state index contributed by atoms with van der Waals surface area (Å²) in [5.74, 6) is 1.66. The van der Waals surface area contributed by atoms with E-state index in [1.807, 2.05) is 36.4 Å². The van der Waals surface area contributed by atoms with Crippen LogP contribution in [0.4, 0.5) is 0 Å². The zero-order valence-corrected chi connectivity index (χ0v) is 23.7. The standard InChI is InChI=1S/C41H30NO/c1-6-16-33(17-7-1)38-27-31(28-39(34-18-8-2-9-19-34)42(38)37-24-14-5-15-25-37)26-32-29-40(35-20-10-3-11-21-35)43-41(30-32)36-22-12-4-13-23-36/h1-30H/q+1. The molecule has 0 atom stereocenters. The molecule has 0 unspecified atom stereocenters. The van der Waals surface area contributed by atoms with Gasteiger partial charge >= 0.3 is 0 Å². The highest BCUT2D eigenvalue weighted by atomic mass is 16.5. The molecule has 0 saturated heterocycles. The van der Waals surface area contributed by atoms with Crippen LogP contribution in [0.3, 0.4) is 0 Å². The van der Waals surface area contributed by atoms with Gasteiger partial charge in [-0.3, -0.25) is 0 Å². The Morgan fingerprint density at radius 1 is 0.419 bits per heavy atom. The van der Waals surface area contributed by atoms with Gasteiger partial charge in [-0.2, -0.15) is 4.57 Å². The summed E-state index contributed by atoms with van der Waals surface area (Å²) >= 11 is 0. The van der Waals surface area contributed by atoms with Gasteiger partial charge in [-0.25, -0.2) is 0 Å². The van der Waals surface area contributed by atoms with Crippen molar-refractivity contribution >= 4 is 17.6 Å². The fraction of sp³-hybridized carbons (Fsp3) is 0. The SMILES string of the molecule is C(=C1C=C(c2ccccc2)OC(c2ccccc2)=C1)c1cc(-c2ccccc2)[n+](-c2ccccc2)c(-c2ccccc2)c1. The van der Waals surface area contributed by atoms with Gasteiger partial charge in [0.15, 0.2) is 0 Å². The van der Waals surface area contributed by atoms with Crippen molar-refractivity contribution in [3.8, 4) is 28.2 Å². The van der Waals surface area contributed by atoms with E-state index in [4.69, 9.17) is 4.74 Å². The first-order valence-corrected chi connectivity index (χ1v) is 14.5. The first-order valence-electron chi connectivity index (χ1n) is 14.5. The average molecular weight is 553 g/mol. The van der Waals surface area contributed by atoms with Gasteiger partial charge in [-0.05, 0) is 53.6 Å². The summed E-state index contributed by atoms with van der Waals surface area (Å²) in [6.45, 7) is 0. The molecule has 0 N–H and O–H groups in total. The van der Waals surface area contributed by atoms with Crippen LogP contribution >= 0.6 is 0 Å². The highest BCUT2D eigenvalue weighted by Gasteiger charge is 2.24. The second kappa shape index (κ2) is 12.0. The van der Waals surface area contributed by atoms with Crippen LogP contribution < -0.4 is 4.57 Å². The summed E-state index contributed by atoms with van der Waals surface area (Å²) in [5.41, 5.74) is 9.91. The highest BCUT2D eigenvalue weighted by Crippen LogP contribution is 2.34. The zero-order valence-electron chi connectivity index (χ0n) is 23.7. The molecule has 1 aliphatic heterocycles. The minimum atomic E-state index is 0.829. The molecule has 2 heteroatoms. The fourth-order valence-corrected chi connectivity index (χ4v) is 5.48. The van der Waals surface area contributed by atoms with Crippen LogP contribution in [0.15, 0.2) is 182 Å². The Morgan fingerprint density at radius 3 is 1.21 bits per heavy atom. The lowest BCUT2D eigenvalue weighted by Crippen LogP contribution is -2.36. The molecule has 0 fully saturated rings. The van der Waals surface area contributed by atoms with Crippen molar-refractivity contribution in [2.75, 3.05) is 0 Å². The van der Waals surface area contributed by atoms with Crippen LogP contribution in [0.2, 0.25) is 0 Å². The zero-order chi connectivity index (χ0) is 28.8. The van der Waals surface area contributed by atoms with Crippen molar-refractivity contribution in [3.05, 3.63) is 198 Å². The molecule has 0 radical (unpaired) electrons. The Bertz CT molecular complexity index is 1820. The molecule has 204 valence electrons. The van der Waals surface area contributed by atoms with Crippen LogP contribution in [-0.2, 0) is 4.74 Å². The molecule has 43 heavy (non-hydrogen) atoms. The van der Waals surface area contributed by atoms with E-state index in [1.165, 1.54) is 0 Å². The van der Waals surface area contributed by atoms with Gasteiger partial charge < -0.3 is 4.74 Å². The van der Waals surface area contributed by atoms with Crippen LogP contribution in [0.1, 0.15) is 16.7 Å². The summed E-state index contributed by atoms with van der Waals surface area (Å²) in [6.07, 6.45) is 6.51. The molecule has 7 rings (SSSR count). The van der Waals surface area contributed by atoms with Gasteiger partial charge in [-0.1, -0.05) is 115 Å². The lowest BCUT2D eigenvalue weighted by atomic mass is 9.99. The molecule has 6 aromatic rings. The molecule has 0 bridgehead atoms. The van der Waals surface area contributed by atoms with E-state index in [0.717, 1.165) is 62.0 Å². The average Bonchev–Trinajstić information content (AvgIpc) is 3.10. The van der Waals surface area contributed by atoms with Crippen LogP contribution in [0.5, 0.6) is 0 Å². The van der Waals surface area contributed by atoms with Crippen molar-refractivity contribution in [3.63, 3.8) is 0 Å². The van der Waals surface area contributed by atoms with Crippen molar-refractivity contribution in [1.29, 1.82) is 0 Å². The van der Waals surface area contributed by atoms with E-state index in [0.29, 0.717) is 0 Å². The molecule has 1 aliphatic rings. The normalized spacial score (nSPS) is 12.6. The molecule has 0 amide bonds. The van der Waals surface area contributed by atoms with E-state index in [-0.39, 0.29) is 0 Å². The van der Waals surface area contributed by atoms with Gasteiger partial charge in [0.25, 0.3) is 0 Å². The number of rotatable bonds is 6. The first-order chi connectivity index (χ1) is 21.3. The number of hydrogen-bond donors (Lipinski definition) is 0. The number of para-hydroxylation sites is 1. The molecule has 0 saturated carbocycles.